The quantitative estimate of drug-likeness (QED) is 0.832. The lowest BCUT2D eigenvalue weighted by atomic mass is 10.0. The molecule has 0 saturated carbocycles. The monoisotopic (exact) mass is 231 g/mol. The van der Waals surface area contributed by atoms with E-state index in [9.17, 15) is 8.42 Å². The maximum Gasteiger partial charge on any atom is 0.185 e. The normalized spacial score (nSPS) is 22.8. The van der Waals surface area contributed by atoms with Crippen LogP contribution in [0.4, 0.5) is 0 Å². The largest absolute Gasteiger partial charge is 0.316 e. The Bertz CT molecular complexity index is 416. The Hall–Kier alpha value is -0.390. The first kappa shape index (κ1) is 10.1. The van der Waals surface area contributed by atoms with Crippen molar-refractivity contribution < 1.29 is 8.42 Å². The van der Waals surface area contributed by atoms with Crippen molar-refractivity contribution in [3.05, 3.63) is 17.0 Å². The molecule has 0 bridgehead atoms. The number of hydrogen-bond acceptors (Lipinski definition) is 4. The lowest BCUT2D eigenvalue weighted by molar-refractivity contribution is 0.601. The van der Waals surface area contributed by atoms with Gasteiger partial charge in [0.15, 0.2) is 9.84 Å². The molecule has 2 heterocycles. The van der Waals surface area contributed by atoms with Crippen molar-refractivity contribution in [2.75, 3.05) is 19.3 Å². The van der Waals surface area contributed by atoms with Gasteiger partial charge in [0.1, 0.15) is 4.21 Å². The average molecular weight is 231 g/mol. The summed E-state index contributed by atoms with van der Waals surface area (Å²) in [5, 5.41) is 5.11. The fourth-order valence-corrected chi connectivity index (χ4v) is 4.07. The summed E-state index contributed by atoms with van der Waals surface area (Å²) in [7, 11) is -3.04. The molecule has 1 fully saturated rings. The molecule has 14 heavy (non-hydrogen) atoms. The van der Waals surface area contributed by atoms with Crippen LogP contribution in [0.3, 0.4) is 0 Å². The van der Waals surface area contributed by atoms with Crippen LogP contribution in [-0.2, 0) is 9.84 Å². The lowest BCUT2D eigenvalue weighted by Gasteiger charge is -2.08. The summed E-state index contributed by atoms with van der Waals surface area (Å²) in [6.07, 6.45) is 2.32. The second-order valence-corrected chi connectivity index (χ2v) is 6.75. The van der Waals surface area contributed by atoms with Crippen LogP contribution < -0.4 is 5.32 Å². The van der Waals surface area contributed by atoms with Gasteiger partial charge >= 0.3 is 0 Å². The molecule has 0 amide bonds. The maximum atomic E-state index is 11.5. The number of nitrogens with one attached hydrogen (secondary N) is 1. The molecule has 2 rings (SSSR count). The third-order valence-corrected chi connectivity index (χ3v) is 5.32. The average Bonchev–Trinajstić information content (AvgIpc) is 2.73. The van der Waals surface area contributed by atoms with E-state index in [-0.39, 0.29) is 0 Å². The molecule has 1 aliphatic rings. The maximum absolute atomic E-state index is 11.5. The SMILES string of the molecule is CS(=O)(=O)c1sccc1C1CCNC1. The Kier molecular flexibility index (Phi) is 2.64. The van der Waals surface area contributed by atoms with E-state index in [0.29, 0.717) is 10.1 Å². The molecule has 1 unspecified atom stereocenters. The standard InChI is InChI=1S/C9H13NO2S2/c1-14(11,12)9-8(3-5-13-9)7-2-4-10-6-7/h3,5,7,10H,2,4,6H2,1H3. The summed E-state index contributed by atoms with van der Waals surface area (Å²) in [5.74, 6) is 0.381. The predicted molar refractivity (Wildman–Crippen MR) is 57.7 cm³/mol. The Morgan fingerprint density at radius 3 is 2.93 bits per heavy atom. The molecule has 0 aliphatic carbocycles. The van der Waals surface area contributed by atoms with Crippen molar-refractivity contribution in [1.82, 2.24) is 5.32 Å². The summed E-state index contributed by atoms with van der Waals surface area (Å²) in [6.45, 7) is 1.89. The molecule has 78 valence electrons. The predicted octanol–water partition coefficient (Wildman–Crippen LogP) is 1.23. The van der Waals surface area contributed by atoms with Crippen molar-refractivity contribution in [2.45, 2.75) is 16.5 Å². The zero-order chi connectivity index (χ0) is 10.2. The molecule has 3 nitrogen and oxygen atoms in total. The zero-order valence-electron chi connectivity index (χ0n) is 7.99. The van der Waals surface area contributed by atoms with Gasteiger partial charge in [-0.2, -0.15) is 0 Å². The molecular weight excluding hydrogens is 218 g/mol. The van der Waals surface area contributed by atoms with E-state index in [1.165, 1.54) is 17.6 Å². The molecule has 1 aliphatic heterocycles. The van der Waals surface area contributed by atoms with Crippen molar-refractivity contribution in [3.63, 3.8) is 0 Å². The number of hydrogen-bond donors (Lipinski definition) is 1. The highest BCUT2D eigenvalue weighted by Gasteiger charge is 2.24. The van der Waals surface area contributed by atoms with Crippen LogP contribution in [0.15, 0.2) is 15.7 Å². The first-order valence-corrected chi connectivity index (χ1v) is 7.34. The minimum absolute atomic E-state index is 0.381. The van der Waals surface area contributed by atoms with Crippen LogP contribution in [0.1, 0.15) is 17.9 Å². The van der Waals surface area contributed by atoms with Crippen molar-refractivity contribution >= 4 is 21.2 Å². The van der Waals surface area contributed by atoms with Crippen molar-refractivity contribution in [3.8, 4) is 0 Å². The number of sulfone groups is 1. The van der Waals surface area contributed by atoms with Crippen LogP contribution in [0.25, 0.3) is 0 Å². The van der Waals surface area contributed by atoms with Gasteiger partial charge in [0.25, 0.3) is 0 Å². The van der Waals surface area contributed by atoms with Gasteiger partial charge in [-0.15, -0.1) is 11.3 Å². The van der Waals surface area contributed by atoms with E-state index in [1.54, 1.807) is 0 Å². The van der Waals surface area contributed by atoms with Gasteiger partial charge in [0.2, 0.25) is 0 Å². The van der Waals surface area contributed by atoms with Gasteiger partial charge in [0.05, 0.1) is 0 Å². The highest BCUT2D eigenvalue weighted by Crippen LogP contribution is 2.32. The highest BCUT2D eigenvalue weighted by molar-refractivity contribution is 7.92. The van der Waals surface area contributed by atoms with E-state index in [4.69, 9.17) is 0 Å². The van der Waals surface area contributed by atoms with E-state index in [1.807, 2.05) is 11.4 Å². The van der Waals surface area contributed by atoms with Gasteiger partial charge in [0, 0.05) is 12.8 Å². The fourth-order valence-electron chi connectivity index (χ4n) is 1.83. The smallest absolute Gasteiger partial charge is 0.185 e. The number of rotatable bonds is 2. The fraction of sp³-hybridized carbons (Fsp3) is 0.556. The van der Waals surface area contributed by atoms with Gasteiger partial charge in [-0.25, -0.2) is 8.42 Å². The molecule has 0 radical (unpaired) electrons. The Morgan fingerprint density at radius 2 is 2.36 bits per heavy atom. The molecule has 5 heteroatoms. The zero-order valence-corrected chi connectivity index (χ0v) is 9.62. The second-order valence-electron chi connectivity index (χ2n) is 3.63. The van der Waals surface area contributed by atoms with Crippen LogP contribution in [-0.4, -0.2) is 27.8 Å². The molecule has 0 spiro atoms. The summed E-state index contributed by atoms with van der Waals surface area (Å²) in [4.78, 5) is 0. The Labute approximate surface area is 88.1 Å². The lowest BCUT2D eigenvalue weighted by Crippen LogP contribution is -2.09. The second kappa shape index (κ2) is 3.64. The molecule has 1 saturated heterocycles. The van der Waals surface area contributed by atoms with Gasteiger partial charge in [-0.3, -0.25) is 0 Å². The van der Waals surface area contributed by atoms with Crippen molar-refractivity contribution in [1.29, 1.82) is 0 Å². The van der Waals surface area contributed by atoms with E-state index < -0.39 is 9.84 Å². The van der Waals surface area contributed by atoms with Crippen LogP contribution in [0.5, 0.6) is 0 Å². The Balaban J connectivity index is 2.39. The molecule has 1 N–H and O–H groups in total. The van der Waals surface area contributed by atoms with Crippen molar-refractivity contribution in [2.24, 2.45) is 0 Å². The molecular formula is C9H13NO2S2. The van der Waals surface area contributed by atoms with Crippen LogP contribution >= 0.6 is 11.3 Å². The third-order valence-electron chi connectivity index (χ3n) is 2.50. The molecule has 1 atom stereocenters. The van der Waals surface area contributed by atoms with E-state index in [2.05, 4.69) is 5.32 Å². The third kappa shape index (κ3) is 1.85. The van der Waals surface area contributed by atoms with Crippen LogP contribution in [0, 0.1) is 0 Å². The number of thiophene rings is 1. The minimum atomic E-state index is -3.04. The topological polar surface area (TPSA) is 46.2 Å². The molecule has 1 aromatic rings. The molecule has 1 aromatic heterocycles. The van der Waals surface area contributed by atoms with Gasteiger partial charge in [-0.1, -0.05) is 0 Å². The minimum Gasteiger partial charge on any atom is -0.316 e. The first-order valence-electron chi connectivity index (χ1n) is 4.57. The highest BCUT2D eigenvalue weighted by atomic mass is 32.2. The summed E-state index contributed by atoms with van der Waals surface area (Å²) >= 11 is 1.33. The molecule has 0 aromatic carbocycles. The first-order chi connectivity index (χ1) is 6.59. The van der Waals surface area contributed by atoms with Crippen LogP contribution in [0.2, 0.25) is 0 Å². The van der Waals surface area contributed by atoms with Gasteiger partial charge in [-0.05, 0) is 35.9 Å². The summed E-state index contributed by atoms with van der Waals surface area (Å²) < 4.78 is 23.5. The van der Waals surface area contributed by atoms with E-state index in [0.717, 1.165) is 25.1 Å². The summed E-state index contributed by atoms with van der Waals surface area (Å²) in [5.41, 5.74) is 1.00. The van der Waals surface area contributed by atoms with E-state index >= 15 is 0 Å². The Morgan fingerprint density at radius 1 is 1.57 bits per heavy atom. The summed E-state index contributed by atoms with van der Waals surface area (Å²) in [6, 6.07) is 1.94. The van der Waals surface area contributed by atoms with Gasteiger partial charge < -0.3 is 5.32 Å².